The second-order valence-corrected chi connectivity index (χ2v) is 9.01. The summed E-state index contributed by atoms with van der Waals surface area (Å²) in [5.41, 5.74) is 0.870. The van der Waals surface area contributed by atoms with E-state index >= 15 is 0 Å². The van der Waals surface area contributed by atoms with Gasteiger partial charge in [-0.25, -0.2) is 12.7 Å². The lowest BCUT2D eigenvalue weighted by molar-refractivity contribution is -0.123. The summed E-state index contributed by atoms with van der Waals surface area (Å²) in [5.74, 6) is 0.121. The number of rotatable bonds is 5. The van der Waals surface area contributed by atoms with Gasteiger partial charge in [-0.05, 0) is 42.2 Å². The molecule has 140 valence electrons. The van der Waals surface area contributed by atoms with Crippen LogP contribution in [0.3, 0.4) is 0 Å². The molecule has 0 radical (unpaired) electrons. The lowest BCUT2D eigenvalue weighted by atomic mass is 9.96. The molecular weight excluding hydrogens is 348 g/mol. The van der Waals surface area contributed by atoms with Crippen LogP contribution < -0.4 is 4.90 Å². The first-order valence-electron chi connectivity index (χ1n) is 9.16. The van der Waals surface area contributed by atoms with E-state index in [9.17, 15) is 13.2 Å². The molecule has 1 fully saturated rings. The van der Waals surface area contributed by atoms with Crippen LogP contribution in [-0.2, 0) is 14.8 Å². The van der Waals surface area contributed by atoms with Gasteiger partial charge in [-0.3, -0.25) is 4.79 Å². The predicted molar refractivity (Wildman–Crippen MR) is 106 cm³/mol. The van der Waals surface area contributed by atoms with Gasteiger partial charge in [0.2, 0.25) is 15.9 Å². The standard InChI is InChI=1S/C20H26N2O3S/c1-3-14-26(24,25)22-12-10-17(11-13-22)20(23)21(2)19-9-8-16-6-4-5-7-18(16)15-19/h4-9,15,17H,3,10-14H2,1-2H3. The number of carbonyl (C=O) groups excluding carboxylic acids is 1. The molecule has 1 amide bonds. The summed E-state index contributed by atoms with van der Waals surface area (Å²) in [6.07, 6.45) is 1.78. The van der Waals surface area contributed by atoms with E-state index in [4.69, 9.17) is 0 Å². The molecule has 0 unspecified atom stereocenters. The summed E-state index contributed by atoms with van der Waals surface area (Å²) in [4.78, 5) is 14.6. The van der Waals surface area contributed by atoms with Crippen molar-refractivity contribution in [2.75, 3.05) is 30.8 Å². The minimum absolute atomic E-state index is 0.0628. The van der Waals surface area contributed by atoms with E-state index in [1.165, 1.54) is 4.31 Å². The van der Waals surface area contributed by atoms with Crippen molar-refractivity contribution in [3.63, 3.8) is 0 Å². The Morgan fingerprint density at radius 1 is 1.12 bits per heavy atom. The maximum atomic E-state index is 12.9. The van der Waals surface area contributed by atoms with Gasteiger partial charge in [-0.15, -0.1) is 0 Å². The fraction of sp³-hybridized carbons (Fsp3) is 0.450. The molecule has 1 saturated heterocycles. The number of hydrogen-bond acceptors (Lipinski definition) is 3. The first kappa shape index (κ1) is 18.9. The normalized spacial score (nSPS) is 16.7. The summed E-state index contributed by atoms with van der Waals surface area (Å²) in [6, 6.07) is 14.1. The van der Waals surface area contributed by atoms with Gasteiger partial charge in [0.25, 0.3) is 0 Å². The molecule has 6 heteroatoms. The Labute approximate surface area is 155 Å². The number of sulfonamides is 1. The zero-order chi connectivity index (χ0) is 18.7. The van der Waals surface area contributed by atoms with Crippen molar-refractivity contribution >= 4 is 32.4 Å². The van der Waals surface area contributed by atoms with Crippen LogP contribution in [0.15, 0.2) is 42.5 Å². The molecule has 2 aromatic rings. The molecule has 0 aliphatic carbocycles. The van der Waals surface area contributed by atoms with Crippen molar-refractivity contribution in [1.82, 2.24) is 4.31 Å². The van der Waals surface area contributed by atoms with Crippen LogP contribution in [0, 0.1) is 5.92 Å². The number of fused-ring (bicyclic) bond motifs is 1. The molecule has 0 atom stereocenters. The summed E-state index contributed by atoms with van der Waals surface area (Å²) in [7, 11) is -1.37. The van der Waals surface area contributed by atoms with Gasteiger partial charge in [0.05, 0.1) is 5.75 Å². The third-order valence-electron chi connectivity index (χ3n) is 5.11. The van der Waals surface area contributed by atoms with Crippen LogP contribution in [0.1, 0.15) is 26.2 Å². The van der Waals surface area contributed by atoms with E-state index < -0.39 is 10.0 Å². The maximum Gasteiger partial charge on any atom is 0.229 e. The smallest absolute Gasteiger partial charge is 0.229 e. The summed E-state index contributed by atoms with van der Waals surface area (Å²) >= 11 is 0. The van der Waals surface area contributed by atoms with Gasteiger partial charge >= 0.3 is 0 Å². The highest BCUT2D eigenvalue weighted by molar-refractivity contribution is 7.89. The topological polar surface area (TPSA) is 57.7 Å². The average molecular weight is 375 g/mol. The first-order valence-corrected chi connectivity index (χ1v) is 10.8. The number of nitrogens with zero attached hydrogens (tertiary/aromatic N) is 2. The number of piperidine rings is 1. The third kappa shape index (κ3) is 3.91. The third-order valence-corrected chi connectivity index (χ3v) is 7.19. The number of benzene rings is 2. The van der Waals surface area contributed by atoms with Gasteiger partial charge in [0.1, 0.15) is 0 Å². The zero-order valence-electron chi connectivity index (χ0n) is 15.4. The van der Waals surface area contributed by atoms with Crippen molar-refractivity contribution in [3.8, 4) is 0 Å². The molecule has 0 aromatic heterocycles. The second kappa shape index (κ2) is 7.76. The molecule has 0 spiro atoms. The molecule has 1 aliphatic heterocycles. The van der Waals surface area contributed by atoms with E-state index in [0.717, 1.165) is 16.5 Å². The molecule has 0 bridgehead atoms. The number of carbonyl (C=O) groups is 1. The number of anilines is 1. The molecular formula is C20H26N2O3S. The van der Waals surface area contributed by atoms with E-state index in [0.29, 0.717) is 32.4 Å². The van der Waals surface area contributed by atoms with Crippen LogP contribution in [0.5, 0.6) is 0 Å². The number of amides is 1. The lowest BCUT2D eigenvalue weighted by Gasteiger charge is -2.32. The van der Waals surface area contributed by atoms with Gasteiger partial charge in [-0.1, -0.05) is 37.3 Å². The first-order chi connectivity index (χ1) is 12.4. The lowest BCUT2D eigenvalue weighted by Crippen LogP contribution is -2.44. The van der Waals surface area contributed by atoms with E-state index in [1.54, 1.807) is 11.9 Å². The molecule has 0 saturated carbocycles. The Hall–Kier alpha value is -1.92. The largest absolute Gasteiger partial charge is 0.315 e. The van der Waals surface area contributed by atoms with Gasteiger partial charge < -0.3 is 4.90 Å². The molecule has 1 aliphatic rings. The van der Waals surface area contributed by atoms with Gasteiger partial charge in [0.15, 0.2) is 0 Å². The molecule has 3 rings (SSSR count). The van der Waals surface area contributed by atoms with Crippen molar-refractivity contribution in [1.29, 1.82) is 0 Å². The summed E-state index contributed by atoms with van der Waals surface area (Å²) < 4.78 is 25.9. The Morgan fingerprint density at radius 2 is 1.77 bits per heavy atom. The van der Waals surface area contributed by atoms with Crippen molar-refractivity contribution < 1.29 is 13.2 Å². The van der Waals surface area contributed by atoms with Crippen molar-refractivity contribution in [2.45, 2.75) is 26.2 Å². The maximum absolute atomic E-state index is 12.9. The summed E-state index contributed by atoms with van der Waals surface area (Å²) in [5, 5.41) is 2.25. The van der Waals surface area contributed by atoms with Crippen LogP contribution in [0.2, 0.25) is 0 Å². The van der Waals surface area contributed by atoms with E-state index in [2.05, 4.69) is 0 Å². The molecule has 26 heavy (non-hydrogen) atoms. The highest BCUT2D eigenvalue weighted by Gasteiger charge is 2.32. The van der Waals surface area contributed by atoms with Crippen LogP contribution in [0.4, 0.5) is 5.69 Å². The SMILES string of the molecule is CCCS(=O)(=O)N1CCC(C(=O)N(C)c2ccc3ccccc3c2)CC1. The van der Waals surface area contributed by atoms with Gasteiger partial charge in [0, 0.05) is 31.7 Å². The average Bonchev–Trinajstić information content (AvgIpc) is 2.66. The van der Waals surface area contributed by atoms with Crippen molar-refractivity contribution in [2.24, 2.45) is 5.92 Å². The van der Waals surface area contributed by atoms with Crippen LogP contribution in [0.25, 0.3) is 10.8 Å². The monoisotopic (exact) mass is 374 g/mol. The minimum atomic E-state index is -3.17. The highest BCUT2D eigenvalue weighted by Crippen LogP contribution is 2.26. The highest BCUT2D eigenvalue weighted by atomic mass is 32.2. The minimum Gasteiger partial charge on any atom is -0.315 e. The molecule has 2 aromatic carbocycles. The van der Waals surface area contributed by atoms with Gasteiger partial charge in [-0.2, -0.15) is 0 Å². The van der Waals surface area contributed by atoms with E-state index in [1.807, 2.05) is 49.4 Å². The van der Waals surface area contributed by atoms with Crippen molar-refractivity contribution in [3.05, 3.63) is 42.5 Å². The second-order valence-electron chi connectivity index (χ2n) is 6.92. The zero-order valence-corrected chi connectivity index (χ0v) is 16.2. The predicted octanol–water partition coefficient (Wildman–Crippen LogP) is 3.25. The quantitative estimate of drug-likeness (QED) is 0.807. The van der Waals surface area contributed by atoms with E-state index in [-0.39, 0.29) is 17.6 Å². The molecule has 0 N–H and O–H groups in total. The Morgan fingerprint density at radius 3 is 2.42 bits per heavy atom. The Kier molecular flexibility index (Phi) is 5.63. The molecule has 1 heterocycles. The van der Waals surface area contributed by atoms with Crippen LogP contribution >= 0.6 is 0 Å². The Balaban J connectivity index is 1.67. The fourth-order valence-corrected chi connectivity index (χ4v) is 5.10. The number of hydrogen-bond donors (Lipinski definition) is 0. The fourth-order valence-electron chi connectivity index (χ4n) is 3.55. The Bertz CT molecular complexity index is 887. The summed E-state index contributed by atoms with van der Waals surface area (Å²) in [6.45, 7) is 2.74. The van der Waals surface area contributed by atoms with Crippen LogP contribution in [-0.4, -0.2) is 44.5 Å². The molecule has 5 nitrogen and oxygen atoms in total.